The van der Waals surface area contributed by atoms with Crippen LogP contribution < -0.4 is 5.73 Å². The van der Waals surface area contributed by atoms with Crippen molar-refractivity contribution in [2.75, 3.05) is 7.11 Å². The number of ether oxygens (including phenoxy) is 1. The summed E-state index contributed by atoms with van der Waals surface area (Å²) in [6.07, 6.45) is 3.45. The highest BCUT2D eigenvalue weighted by molar-refractivity contribution is 5.85. The lowest BCUT2D eigenvalue weighted by Crippen LogP contribution is -2.24. The Morgan fingerprint density at radius 1 is 1.58 bits per heavy atom. The molecule has 0 unspecified atom stereocenters. The van der Waals surface area contributed by atoms with E-state index in [-0.39, 0.29) is 24.4 Å². The number of carbonyl (C=O) groups excluding carboxylic acids is 1. The normalized spacial score (nSPS) is 11.6. The Kier molecular flexibility index (Phi) is 10.5. The van der Waals surface area contributed by atoms with Gasteiger partial charge in [-0.2, -0.15) is 0 Å². The van der Waals surface area contributed by atoms with Crippen LogP contribution in [0.25, 0.3) is 0 Å². The molecule has 0 aromatic heterocycles. The minimum atomic E-state index is -0.214. The fourth-order valence-corrected chi connectivity index (χ4v) is 0.866. The van der Waals surface area contributed by atoms with Gasteiger partial charge in [0.25, 0.3) is 0 Å². The second kappa shape index (κ2) is 8.81. The summed E-state index contributed by atoms with van der Waals surface area (Å²) in [6.45, 7) is 2.10. The zero-order valence-corrected chi connectivity index (χ0v) is 8.52. The van der Waals surface area contributed by atoms with Gasteiger partial charge in [-0.15, -0.1) is 12.4 Å². The van der Waals surface area contributed by atoms with Gasteiger partial charge in [0, 0.05) is 6.04 Å². The van der Waals surface area contributed by atoms with Crippen LogP contribution in [-0.4, -0.2) is 19.1 Å². The maximum atomic E-state index is 10.7. The second-order valence-electron chi connectivity index (χ2n) is 2.68. The topological polar surface area (TPSA) is 52.3 Å². The molecule has 0 aliphatic heterocycles. The Bertz CT molecular complexity index is 120. The third-order valence-corrected chi connectivity index (χ3v) is 1.58. The summed E-state index contributed by atoms with van der Waals surface area (Å²) in [7, 11) is 1.38. The van der Waals surface area contributed by atoms with Gasteiger partial charge in [-0.25, -0.2) is 0 Å². The first-order valence-corrected chi connectivity index (χ1v) is 4.03. The molecular weight excluding hydrogens is 178 g/mol. The molecule has 74 valence electrons. The standard InChI is InChI=1S/C8H17NO2.ClH/c1-3-4-5-7(9)6-8(10)11-2;/h7H,3-6,9H2,1-2H3;1H/t7-;/m0./s1. The molecule has 0 radical (unpaired) electrons. The number of rotatable bonds is 5. The third kappa shape index (κ3) is 7.82. The van der Waals surface area contributed by atoms with Gasteiger partial charge in [0.05, 0.1) is 13.5 Å². The number of unbranched alkanes of at least 4 members (excludes halogenated alkanes) is 1. The van der Waals surface area contributed by atoms with E-state index in [2.05, 4.69) is 11.7 Å². The number of carbonyl (C=O) groups is 1. The summed E-state index contributed by atoms with van der Waals surface area (Å²) in [5, 5.41) is 0. The SMILES string of the molecule is CCCC[C@H](N)CC(=O)OC.Cl. The van der Waals surface area contributed by atoms with Crippen LogP contribution in [0, 0.1) is 0 Å². The average molecular weight is 196 g/mol. The van der Waals surface area contributed by atoms with E-state index in [0.717, 1.165) is 19.3 Å². The highest BCUT2D eigenvalue weighted by Gasteiger charge is 2.07. The van der Waals surface area contributed by atoms with Crippen molar-refractivity contribution >= 4 is 18.4 Å². The van der Waals surface area contributed by atoms with E-state index < -0.39 is 0 Å². The molecular formula is C8H18ClNO2. The smallest absolute Gasteiger partial charge is 0.307 e. The van der Waals surface area contributed by atoms with Crippen molar-refractivity contribution in [1.82, 2.24) is 0 Å². The molecule has 12 heavy (non-hydrogen) atoms. The van der Waals surface area contributed by atoms with Crippen molar-refractivity contribution in [3.63, 3.8) is 0 Å². The molecule has 0 rings (SSSR count). The third-order valence-electron chi connectivity index (χ3n) is 1.58. The van der Waals surface area contributed by atoms with Crippen molar-refractivity contribution in [1.29, 1.82) is 0 Å². The maximum Gasteiger partial charge on any atom is 0.307 e. The van der Waals surface area contributed by atoms with E-state index >= 15 is 0 Å². The quantitative estimate of drug-likeness (QED) is 0.677. The molecule has 0 saturated carbocycles. The number of hydrogen-bond donors (Lipinski definition) is 1. The first kappa shape index (κ1) is 14.3. The summed E-state index contributed by atoms with van der Waals surface area (Å²) in [5.41, 5.74) is 5.64. The predicted octanol–water partition coefficient (Wildman–Crippen LogP) is 1.49. The van der Waals surface area contributed by atoms with Gasteiger partial charge in [0.15, 0.2) is 0 Å². The lowest BCUT2D eigenvalue weighted by molar-refractivity contribution is -0.141. The van der Waals surface area contributed by atoms with Crippen molar-refractivity contribution < 1.29 is 9.53 Å². The van der Waals surface area contributed by atoms with Crippen molar-refractivity contribution in [3.05, 3.63) is 0 Å². The number of nitrogens with two attached hydrogens (primary N) is 1. The molecule has 2 N–H and O–H groups in total. The van der Waals surface area contributed by atoms with Crippen LogP contribution in [0.3, 0.4) is 0 Å². The van der Waals surface area contributed by atoms with E-state index in [1.54, 1.807) is 0 Å². The molecule has 0 fully saturated rings. The minimum Gasteiger partial charge on any atom is -0.469 e. The van der Waals surface area contributed by atoms with E-state index in [4.69, 9.17) is 5.73 Å². The summed E-state index contributed by atoms with van der Waals surface area (Å²) < 4.78 is 4.48. The van der Waals surface area contributed by atoms with E-state index in [1.165, 1.54) is 7.11 Å². The fraction of sp³-hybridized carbons (Fsp3) is 0.875. The Morgan fingerprint density at radius 3 is 2.58 bits per heavy atom. The largest absolute Gasteiger partial charge is 0.469 e. The van der Waals surface area contributed by atoms with Crippen LogP contribution in [0.5, 0.6) is 0 Å². The lowest BCUT2D eigenvalue weighted by Gasteiger charge is -2.07. The molecule has 0 amide bonds. The highest BCUT2D eigenvalue weighted by atomic mass is 35.5. The Labute approximate surface area is 80.1 Å². The molecule has 0 bridgehead atoms. The lowest BCUT2D eigenvalue weighted by atomic mass is 10.1. The Hall–Kier alpha value is -0.280. The second-order valence-corrected chi connectivity index (χ2v) is 2.68. The van der Waals surface area contributed by atoms with Crippen LogP contribution in [0.1, 0.15) is 32.6 Å². The van der Waals surface area contributed by atoms with Gasteiger partial charge in [0.1, 0.15) is 0 Å². The first-order valence-electron chi connectivity index (χ1n) is 4.03. The monoisotopic (exact) mass is 195 g/mol. The molecule has 1 atom stereocenters. The zero-order chi connectivity index (χ0) is 8.69. The van der Waals surface area contributed by atoms with Gasteiger partial charge in [-0.05, 0) is 6.42 Å². The van der Waals surface area contributed by atoms with Crippen LogP contribution >= 0.6 is 12.4 Å². The molecule has 0 spiro atoms. The molecule has 0 aliphatic rings. The van der Waals surface area contributed by atoms with Crippen molar-refractivity contribution in [2.24, 2.45) is 5.73 Å². The molecule has 0 aliphatic carbocycles. The number of hydrogen-bond acceptors (Lipinski definition) is 3. The van der Waals surface area contributed by atoms with E-state index in [1.807, 2.05) is 0 Å². The average Bonchev–Trinajstić information content (AvgIpc) is 2.00. The van der Waals surface area contributed by atoms with Gasteiger partial charge in [-0.1, -0.05) is 19.8 Å². The first-order chi connectivity index (χ1) is 5.20. The van der Waals surface area contributed by atoms with Crippen LogP contribution in [-0.2, 0) is 9.53 Å². The summed E-state index contributed by atoms with van der Waals surface area (Å²) >= 11 is 0. The van der Waals surface area contributed by atoms with Crippen LogP contribution in [0.15, 0.2) is 0 Å². The van der Waals surface area contributed by atoms with Crippen molar-refractivity contribution in [3.8, 4) is 0 Å². The highest BCUT2D eigenvalue weighted by Crippen LogP contribution is 2.02. The number of esters is 1. The minimum absolute atomic E-state index is 0. The van der Waals surface area contributed by atoms with Gasteiger partial charge in [0.2, 0.25) is 0 Å². The van der Waals surface area contributed by atoms with E-state index in [9.17, 15) is 4.79 Å². The van der Waals surface area contributed by atoms with Crippen LogP contribution in [0.4, 0.5) is 0 Å². The molecule has 3 nitrogen and oxygen atoms in total. The summed E-state index contributed by atoms with van der Waals surface area (Å²) in [5.74, 6) is -0.214. The fourth-order valence-electron chi connectivity index (χ4n) is 0.866. The van der Waals surface area contributed by atoms with Gasteiger partial charge in [-0.3, -0.25) is 4.79 Å². The van der Waals surface area contributed by atoms with Crippen molar-refractivity contribution in [2.45, 2.75) is 38.6 Å². The van der Waals surface area contributed by atoms with E-state index in [0.29, 0.717) is 6.42 Å². The molecule has 0 aromatic carbocycles. The molecule has 0 aromatic rings. The Balaban J connectivity index is 0. The number of methoxy groups -OCH3 is 1. The van der Waals surface area contributed by atoms with Crippen LogP contribution in [0.2, 0.25) is 0 Å². The predicted molar refractivity (Wildman–Crippen MR) is 51.4 cm³/mol. The summed E-state index contributed by atoms with van der Waals surface area (Å²) in [6, 6.07) is -0.0256. The van der Waals surface area contributed by atoms with Gasteiger partial charge >= 0.3 is 5.97 Å². The maximum absolute atomic E-state index is 10.7. The summed E-state index contributed by atoms with van der Waals surface area (Å²) in [4.78, 5) is 10.7. The molecule has 4 heteroatoms. The molecule has 0 saturated heterocycles. The number of halogens is 1. The molecule has 0 heterocycles. The van der Waals surface area contributed by atoms with Gasteiger partial charge < -0.3 is 10.5 Å². The Morgan fingerprint density at radius 2 is 2.17 bits per heavy atom. The zero-order valence-electron chi connectivity index (χ0n) is 7.71.